The molecule has 0 aliphatic rings. The van der Waals surface area contributed by atoms with Crippen molar-refractivity contribution in [3.05, 3.63) is 0 Å². The number of carbonyl (C=O) groups excluding carboxylic acids is 1. The van der Waals surface area contributed by atoms with Crippen molar-refractivity contribution in [2.75, 3.05) is 25.1 Å². The van der Waals surface area contributed by atoms with Crippen LogP contribution in [-0.2, 0) is 14.6 Å². The van der Waals surface area contributed by atoms with Gasteiger partial charge in [0.25, 0.3) is 0 Å². The average molecular weight is 194 g/mol. The van der Waals surface area contributed by atoms with Crippen LogP contribution in [-0.4, -0.2) is 39.4 Å². The average Bonchev–Trinajstić information content (AvgIpc) is 1.83. The van der Waals surface area contributed by atoms with E-state index in [0.29, 0.717) is 13.0 Å². The summed E-state index contributed by atoms with van der Waals surface area (Å²) in [5.74, 6) is -0.298. The van der Waals surface area contributed by atoms with Crippen LogP contribution >= 0.6 is 0 Å². The summed E-state index contributed by atoms with van der Waals surface area (Å²) in [6.45, 7) is 0.597. The Balaban J connectivity index is 3.29. The lowest BCUT2D eigenvalue weighted by Crippen LogP contribution is -2.29. The van der Waals surface area contributed by atoms with Gasteiger partial charge in [0, 0.05) is 6.26 Å². The zero-order chi connectivity index (χ0) is 9.61. The summed E-state index contributed by atoms with van der Waals surface area (Å²) in [5, 5.41) is 2.72. The standard InChI is InChI=1S/C6H14N2O3S/c1-12(10,11)4-2-3-8-5-6(7)9/h8H,2-5H2,1H3,(H2,7,9). The van der Waals surface area contributed by atoms with Crippen molar-refractivity contribution in [3.8, 4) is 0 Å². The molecule has 0 spiro atoms. The molecule has 12 heavy (non-hydrogen) atoms. The van der Waals surface area contributed by atoms with Crippen LogP contribution in [0.1, 0.15) is 6.42 Å². The fraction of sp³-hybridized carbons (Fsp3) is 0.833. The minimum atomic E-state index is -2.88. The van der Waals surface area contributed by atoms with E-state index in [2.05, 4.69) is 5.32 Å². The van der Waals surface area contributed by atoms with Gasteiger partial charge in [-0.3, -0.25) is 4.79 Å². The Bertz CT molecular complexity index is 235. The van der Waals surface area contributed by atoms with Gasteiger partial charge in [-0.1, -0.05) is 0 Å². The molecule has 0 radical (unpaired) electrons. The first kappa shape index (κ1) is 11.4. The van der Waals surface area contributed by atoms with E-state index in [1.807, 2.05) is 0 Å². The Kier molecular flexibility index (Phi) is 4.84. The Morgan fingerprint density at radius 2 is 2.08 bits per heavy atom. The van der Waals surface area contributed by atoms with Crippen LogP contribution in [0, 0.1) is 0 Å². The molecule has 0 aliphatic carbocycles. The molecule has 0 aliphatic heterocycles. The van der Waals surface area contributed by atoms with E-state index in [9.17, 15) is 13.2 Å². The number of rotatable bonds is 6. The lowest BCUT2D eigenvalue weighted by Gasteiger charge is -2.00. The molecule has 0 unspecified atom stereocenters. The third-order valence-corrected chi connectivity index (χ3v) is 2.20. The Hall–Kier alpha value is -0.620. The van der Waals surface area contributed by atoms with E-state index in [1.54, 1.807) is 0 Å². The molecule has 5 nitrogen and oxygen atoms in total. The van der Waals surface area contributed by atoms with Gasteiger partial charge in [-0.2, -0.15) is 0 Å². The second-order valence-electron chi connectivity index (χ2n) is 2.63. The van der Waals surface area contributed by atoms with Crippen molar-refractivity contribution in [2.24, 2.45) is 5.73 Å². The van der Waals surface area contributed by atoms with Crippen LogP contribution in [0.3, 0.4) is 0 Å². The van der Waals surface area contributed by atoms with Crippen LogP contribution < -0.4 is 11.1 Å². The highest BCUT2D eigenvalue weighted by Crippen LogP contribution is 1.86. The van der Waals surface area contributed by atoms with E-state index >= 15 is 0 Å². The van der Waals surface area contributed by atoms with Crippen molar-refractivity contribution in [1.82, 2.24) is 5.32 Å². The van der Waals surface area contributed by atoms with E-state index in [0.717, 1.165) is 0 Å². The predicted molar refractivity (Wildman–Crippen MR) is 46.4 cm³/mol. The first-order valence-electron chi connectivity index (χ1n) is 3.58. The SMILES string of the molecule is CS(=O)(=O)CCCNCC(N)=O. The predicted octanol–water partition coefficient (Wildman–Crippen LogP) is -1.50. The minimum absolute atomic E-state index is 0.101. The maximum absolute atomic E-state index is 10.6. The molecule has 1 amide bonds. The largest absolute Gasteiger partial charge is 0.369 e. The van der Waals surface area contributed by atoms with Gasteiger partial charge in [0.2, 0.25) is 5.91 Å². The van der Waals surface area contributed by atoms with Crippen LogP contribution in [0.15, 0.2) is 0 Å². The third kappa shape index (κ3) is 9.38. The first-order valence-corrected chi connectivity index (χ1v) is 5.64. The van der Waals surface area contributed by atoms with E-state index in [4.69, 9.17) is 5.73 Å². The van der Waals surface area contributed by atoms with Crippen LogP contribution in [0.4, 0.5) is 0 Å². The highest BCUT2D eigenvalue weighted by atomic mass is 32.2. The van der Waals surface area contributed by atoms with Gasteiger partial charge in [0.1, 0.15) is 9.84 Å². The zero-order valence-corrected chi connectivity index (χ0v) is 7.86. The van der Waals surface area contributed by atoms with Gasteiger partial charge in [-0.25, -0.2) is 8.42 Å². The normalized spacial score (nSPS) is 11.4. The Morgan fingerprint density at radius 1 is 1.50 bits per heavy atom. The van der Waals surface area contributed by atoms with Crippen molar-refractivity contribution in [3.63, 3.8) is 0 Å². The van der Waals surface area contributed by atoms with Crippen LogP contribution in [0.5, 0.6) is 0 Å². The first-order chi connectivity index (χ1) is 5.42. The van der Waals surface area contributed by atoms with Crippen molar-refractivity contribution in [1.29, 1.82) is 0 Å². The fourth-order valence-electron chi connectivity index (χ4n) is 0.671. The van der Waals surface area contributed by atoms with E-state index in [-0.39, 0.29) is 12.3 Å². The van der Waals surface area contributed by atoms with E-state index in [1.165, 1.54) is 6.26 Å². The summed E-state index contributed by atoms with van der Waals surface area (Å²) in [4.78, 5) is 10.2. The quantitative estimate of drug-likeness (QED) is 0.503. The summed E-state index contributed by atoms with van der Waals surface area (Å²) in [6, 6.07) is 0. The van der Waals surface area contributed by atoms with Crippen LogP contribution in [0.2, 0.25) is 0 Å². The smallest absolute Gasteiger partial charge is 0.231 e. The van der Waals surface area contributed by atoms with Crippen molar-refractivity contribution >= 4 is 15.7 Å². The monoisotopic (exact) mass is 194 g/mol. The zero-order valence-electron chi connectivity index (χ0n) is 7.04. The van der Waals surface area contributed by atoms with Gasteiger partial charge in [-0.05, 0) is 13.0 Å². The maximum Gasteiger partial charge on any atom is 0.231 e. The number of primary amides is 1. The molecule has 6 heteroatoms. The van der Waals surface area contributed by atoms with Crippen molar-refractivity contribution < 1.29 is 13.2 Å². The number of nitrogens with one attached hydrogen (secondary N) is 1. The van der Waals surface area contributed by atoms with E-state index < -0.39 is 15.7 Å². The molecular weight excluding hydrogens is 180 g/mol. The summed E-state index contributed by atoms with van der Waals surface area (Å²) >= 11 is 0. The molecule has 0 bridgehead atoms. The molecule has 0 saturated heterocycles. The summed E-state index contributed by atoms with van der Waals surface area (Å²) in [5.41, 5.74) is 4.84. The highest BCUT2D eigenvalue weighted by Gasteiger charge is 2.00. The number of amides is 1. The van der Waals surface area contributed by atoms with Gasteiger partial charge < -0.3 is 11.1 Å². The topological polar surface area (TPSA) is 89.3 Å². The third-order valence-electron chi connectivity index (χ3n) is 1.17. The van der Waals surface area contributed by atoms with Crippen LogP contribution in [0.25, 0.3) is 0 Å². The summed E-state index contributed by atoms with van der Waals surface area (Å²) in [7, 11) is -2.88. The molecule has 3 N–H and O–H groups in total. The highest BCUT2D eigenvalue weighted by molar-refractivity contribution is 7.90. The molecule has 0 atom stereocenters. The summed E-state index contributed by atoms with van der Waals surface area (Å²) in [6.07, 6.45) is 1.69. The Labute approximate surface area is 72.2 Å². The van der Waals surface area contributed by atoms with Crippen molar-refractivity contribution in [2.45, 2.75) is 6.42 Å². The Morgan fingerprint density at radius 3 is 2.50 bits per heavy atom. The number of hydrogen-bond donors (Lipinski definition) is 2. The summed E-state index contributed by atoms with van der Waals surface area (Å²) < 4.78 is 21.2. The molecule has 0 aromatic heterocycles. The number of sulfone groups is 1. The second kappa shape index (κ2) is 5.10. The van der Waals surface area contributed by atoms with Gasteiger partial charge in [-0.15, -0.1) is 0 Å². The molecule has 0 heterocycles. The van der Waals surface area contributed by atoms with Gasteiger partial charge in [0.15, 0.2) is 0 Å². The molecule has 0 rings (SSSR count). The lowest BCUT2D eigenvalue weighted by molar-refractivity contribution is -0.117. The van der Waals surface area contributed by atoms with Gasteiger partial charge in [0.05, 0.1) is 12.3 Å². The second-order valence-corrected chi connectivity index (χ2v) is 4.89. The molecule has 0 aromatic carbocycles. The minimum Gasteiger partial charge on any atom is -0.369 e. The molecular formula is C6H14N2O3S. The van der Waals surface area contributed by atoms with Gasteiger partial charge >= 0.3 is 0 Å². The molecule has 0 aromatic rings. The number of hydrogen-bond acceptors (Lipinski definition) is 4. The molecule has 72 valence electrons. The lowest BCUT2D eigenvalue weighted by atomic mass is 10.4. The number of nitrogens with two attached hydrogens (primary N) is 1. The fourth-order valence-corrected chi connectivity index (χ4v) is 1.34. The number of carbonyl (C=O) groups is 1. The maximum atomic E-state index is 10.6. The molecule has 0 saturated carbocycles. The molecule has 0 fully saturated rings.